The van der Waals surface area contributed by atoms with E-state index in [4.69, 9.17) is 9.05 Å². The van der Waals surface area contributed by atoms with E-state index in [-0.39, 0.29) is 0 Å². The van der Waals surface area contributed by atoms with E-state index in [2.05, 4.69) is 0 Å². The van der Waals surface area contributed by atoms with Crippen LogP contribution in [-0.2, 0) is 9.13 Å². The minimum Gasteiger partial charge on any atom is -0.434 e. The van der Waals surface area contributed by atoms with Crippen molar-refractivity contribution in [1.29, 1.82) is 0 Å². The third-order valence-electron chi connectivity index (χ3n) is 3.69. The Balaban J connectivity index is 1.48. The van der Waals surface area contributed by atoms with Crippen molar-refractivity contribution in [2.24, 2.45) is 0 Å². The second-order valence-corrected chi connectivity index (χ2v) is 8.07. The van der Waals surface area contributed by atoms with E-state index in [0.717, 1.165) is 0 Å². The molecular weight excluding hydrogens is 346 g/mol. The molecule has 24 heavy (non-hydrogen) atoms. The summed E-state index contributed by atoms with van der Waals surface area (Å²) in [6, 6.07) is 18.3. The highest BCUT2D eigenvalue weighted by atomic mass is 31.1. The van der Waals surface area contributed by atoms with E-state index in [1.54, 1.807) is 33.6 Å². The maximum absolute atomic E-state index is 12.3. The molecule has 1 heterocycles. The molecule has 2 aromatic rings. The van der Waals surface area contributed by atoms with E-state index < -0.39 is 16.4 Å². The van der Waals surface area contributed by atoms with Gasteiger partial charge in [0.05, 0.1) is 0 Å². The zero-order valence-electron chi connectivity index (χ0n) is 13.1. The van der Waals surface area contributed by atoms with Gasteiger partial charge in [-0.05, 0) is 24.3 Å². The second-order valence-electron chi connectivity index (χ2n) is 5.34. The van der Waals surface area contributed by atoms with Gasteiger partial charge in [-0.1, -0.05) is 36.4 Å². The van der Waals surface area contributed by atoms with Gasteiger partial charge in [0.25, 0.3) is 0 Å². The number of para-hydroxylation sites is 2. The van der Waals surface area contributed by atoms with E-state index in [9.17, 15) is 9.13 Å². The van der Waals surface area contributed by atoms with Crippen molar-refractivity contribution < 1.29 is 18.2 Å². The van der Waals surface area contributed by atoms with Gasteiger partial charge in [-0.25, -0.2) is 9.34 Å². The highest BCUT2D eigenvalue weighted by Crippen LogP contribution is 2.36. The number of rotatable bonds is 6. The average molecular weight is 366 g/mol. The Morgan fingerprint density at radius 2 is 0.958 bits per heavy atom. The van der Waals surface area contributed by atoms with Crippen LogP contribution in [0, 0.1) is 0 Å². The summed E-state index contributed by atoms with van der Waals surface area (Å²) in [7, 11) is -4.65. The van der Waals surface area contributed by atoms with Crippen LogP contribution < -0.4 is 9.05 Å². The molecule has 0 N–H and O–H groups in total. The zero-order chi connectivity index (χ0) is 16.8. The highest BCUT2D eigenvalue weighted by molar-refractivity contribution is 7.37. The molecule has 1 aliphatic heterocycles. The first-order valence-corrected chi connectivity index (χ1v) is 10.3. The molecule has 1 fully saturated rings. The summed E-state index contributed by atoms with van der Waals surface area (Å²) in [6.45, 7) is 2.16. The van der Waals surface area contributed by atoms with Gasteiger partial charge in [0.1, 0.15) is 11.5 Å². The second kappa shape index (κ2) is 8.50. The van der Waals surface area contributed by atoms with Gasteiger partial charge < -0.3 is 9.05 Å². The molecule has 0 aliphatic carbocycles. The number of hydrogen-bond acceptors (Lipinski definition) is 4. The van der Waals surface area contributed by atoms with Crippen LogP contribution in [0.1, 0.15) is 0 Å². The van der Waals surface area contributed by atoms with Crippen molar-refractivity contribution in [2.45, 2.75) is 0 Å². The summed E-state index contributed by atoms with van der Waals surface area (Å²) in [5.74, 6) is 1.20. The quantitative estimate of drug-likeness (QED) is 0.729. The van der Waals surface area contributed by atoms with Crippen LogP contribution in [0.4, 0.5) is 0 Å². The lowest BCUT2D eigenvalue weighted by atomic mass is 10.3. The fourth-order valence-corrected chi connectivity index (χ4v) is 4.44. The molecule has 2 aromatic carbocycles. The predicted molar refractivity (Wildman–Crippen MR) is 95.3 cm³/mol. The molecule has 0 spiro atoms. The minimum absolute atomic E-state index is 0.541. The van der Waals surface area contributed by atoms with Crippen molar-refractivity contribution >= 4 is 16.4 Å². The number of piperazine rings is 1. The third-order valence-corrected chi connectivity index (χ3v) is 6.44. The van der Waals surface area contributed by atoms with Gasteiger partial charge in [-0.2, -0.15) is 0 Å². The molecule has 1 saturated heterocycles. The monoisotopic (exact) mass is 366 g/mol. The Hall–Kier alpha value is -1.58. The van der Waals surface area contributed by atoms with E-state index in [1.165, 1.54) is 0 Å². The van der Waals surface area contributed by atoms with Gasteiger partial charge in [0.15, 0.2) is 0 Å². The Bertz CT molecular complexity index is 630. The smallest absolute Gasteiger partial charge is 0.307 e. The van der Waals surface area contributed by atoms with Crippen LogP contribution in [0.2, 0.25) is 0 Å². The van der Waals surface area contributed by atoms with Gasteiger partial charge in [-0.15, -0.1) is 0 Å². The van der Waals surface area contributed by atoms with Crippen LogP contribution in [0.25, 0.3) is 0 Å². The Labute approximate surface area is 142 Å². The molecule has 0 saturated carbocycles. The zero-order valence-corrected chi connectivity index (χ0v) is 15.1. The Kier molecular flexibility index (Phi) is 6.11. The largest absolute Gasteiger partial charge is 0.434 e. The van der Waals surface area contributed by atoms with Crippen LogP contribution in [0.5, 0.6) is 11.5 Å². The first-order chi connectivity index (χ1) is 11.7. The van der Waals surface area contributed by atoms with Gasteiger partial charge in [0, 0.05) is 26.2 Å². The first-order valence-electron chi connectivity index (χ1n) is 7.76. The fraction of sp³-hybridized carbons (Fsp3) is 0.250. The minimum atomic E-state index is -2.32. The molecule has 2 atom stereocenters. The predicted octanol–water partition coefficient (Wildman–Crippen LogP) is 3.54. The van der Waals surface area contributed by atoms with E-state index >= 15 is 0 Å². The summed E-state index contributed by atoms with van der Waals surface area (Å²) in [6.07, 6.45) is 0. The number of benzene rings is 2. The molecule has 8 heteroatoms. The summed E-state index contributed by atoms with van der Waals surface area (Å²) in [5.41, 5.74) is 0. The van der Waals surface area contributed by atoms with Crippen LogP contribution >= 0.6 is 16.4 Å². The molecule has 3 rings (SSSR count). The maximum atomic E-state index is 12.3. The van der Waals surface area contributed by atoms with Gasteiger partial charge in [-0.3, -0.25) is 9.13 Å². The normalized spacial score (nSPS) is 18.7. The molecule has 6 nitrogen and oxygen atoms in total. The van der Waals surface area contributed by atoms with Crippen molar-refractivity contribution in [1.82, 2.24) is 9.34 Å². The van der Waals surface area contributed by atoms with Crippen LogP contribution in [-0.4, -0.2) is 35.5 Å². The molecule has 2 unspecified atom stereocenters. The fourth-order valence-electron chi connectivity index (χ4n) is 2.38. The molecule has 128 valence electrons. The first kappa shape index (κ1) is 17.2. The summed E-state index contributed by atoms with van der Waals surface area (Å²) >= 11 is 0. The Morgan fingerprint density at radius 1 is 0.625 bits per heavy atom. The molecule has 0 bridgehead atoms. The van der Waals surface area contributed by atoms with Crippen LogP contribution in [0.15, 0.2) is 60.7 Å². The van der Waals surface area contributed by atoms with Crippen molar-refractivity contribution in [2.75, 3.05) is 26.2 Å². The van der Waals surface area contributed by atoms with Gasteiger partial charge in [0.2, 0.25) is 0 Å². The lowest BCUT2D eigenvalue weighted by Gasteiger charge is -2.32. The summed E-state index contributed by atoms with van der Waals surface area (Å²) in [4.78, 5) is 0. The summed E-state index contributed by atoms with van der Waals surface area (Å²) < 4.78 is 39.2. The number of hydrogen-bond donors (Lipinski definition) is 0. The maximum Gasteiger partial charge on any atom is 0.307 e. The van der Waals surface area contributed by atoms with Crippen LogP contribution in [0.3, 0.4) is 0 Å². The third kappa shape index (κ3) is 4.71. The summed E-state index contributed by atoms with van der Waals surface area (Å²) in [5, 5.41) is 0. The van der Waals surface area contributed by atoms with E-state index in [1.807, 2.05) is 36.4 Å². The standard InChI is InChI=1S/C16H20N2O4P2/c19-23(21-15-7-3-1-4-8-15)17-11-13-18(14-12-17)24(20)22-16-9-5-2-6-10-16/h1-10,23-24H,11-14H2. The van der Waals surface area contributed by atoms with Crippen molar-refractivity contribution in [3.8, 4) is 11.5 Å². The average Bonchev–Trinajstić information content (AvgIpc) is 2.63. The molecule has 1 aliphatic rings. The molecule has 0 radical (unpaired) electrons. The highest BCUT2D eigenvalue weighted by Gasteiger charge is 2.25. The van der Waals surface area contributed by atoms with E-state index in [0.29, 0.717) is 37.7 Å². The van der Waals surface area contributed by atoms with Gasteiger partial charge >= 0.3 is 16.4 Å². The van der Waals surface area contributed by atoms with Crippen molar-refractivity contribution in [3.63, 3.8) is 0 Å². The van der Waals surface area contributed by atoms with Crippen molar-refractivity contribution in [3.05, 3.63) is 60.7 Å². The lowest BCUT2D eigenvalue weighted by Crippen LogP contribution is -2.40. The SMILES string of the molecule is O=[PH](Oc1ccccc1)N1CCN([PH](=O)Oc2ccccc2)CC1. The number of nitrogens with zero attached hydrogens (tertiary/aromatic N) is 2. The molecular formula is C16H20N2O4P2. The molecule has 0 aromatic heterocycles. The Morgan fingerprint density at radius 3 is 1.29 bits per heavy atom. The molecule has 0 amide bonds. The topological polar surface area (TPSA) is 59.1 Å². The lowest BCUT2D eigenvalue weighted by molar-refractivity contribution is 0.252.